The molecule has 2 atom stereocenters. The summed E-state index contributed by atoms with van der Waals surface area (Å²) in [4.78, 5) is 114. The van der Waals surface area contributed by atoms with Gasteiger partial charge >= 0.3 is 23.9 Å². The molecule has 0 radical (unpaired) electrons. The Morgan fingerprint density at radius 2 is 1.25 bits per heavy atom. The second-order valence-electron chi connectivity index (χ2n) is 23.4. The van der Waals surface area contributed by atoms with E-state index in [4.69, 9.17) is 14.9 Å². The molecule has 0 bridgehead atoms. The molecule has 1 saturated carbocycles. The molecule has 0 aromatic heterocycles. The van der Waals surface area contributed by atoms with Crippen molar-refractivity contribution in [2.24, 2.45) is 5.92 Å². The van der Waals surface area contributed by atoms with Gasteiger partial charge in [-0.2, -0.15) is 0 Å². The first kappa shape index (κ1) is 73.0. The number of nitrogens with zero attached hydrogens (tertiary/aromatic N) is 7. The van der Waals surface area contributed by atoms with Crippen molar-refractivity contribution in [2.45, 2.75) is 96.4 Å². The summed E-state index contributed by atoms with van der Waals surface area (Å²) in [7, 11) is 8.54. The lowest BCUT2D eigenvalue weighted by Gasteiger charge is -2.39. The maximum Gasteiger partial charge on any atom is 0.333 e. The molecule has 2 fully saturated rings. The third-order valence-corrected chi connectivity index (χ3v) is 16.4. The first-order valence-corrected chi connectivity index (χ1v) is 30.5. The summed E-state index contributed by atoms with van der Waals surface area (Å²) in [6, 6.07) is 10.5. The molecule has 2 aliphatic rings. The zero-order chi connectivity index (χ0) is 65.1. The van der Waals surface area contributed by atoms with E-state index in [-0.39, 0.29) is 94.0 Å². The van der Waals surface area contributed by atoms with Gasteiger partial charge in [0.1, 0.15) is 17.2 Å². The van der Waals surface area contributed by atoms with Gasteiger partial charge in [-0.05, 0) is 124 Å². The molecule has 1 heterocycles. The van der Waals surface area contributed by atoms with E-state index in [1.807, 2.05) is 38.8 Å². The van der Waals surface area contributed by atoms with Crippen molar-refractivity contribution in [2.75, 3.05) is 152 Å². The van der Waals surface area contributed by atoms with Crippen LogP contribution in [-0.4, -0.2) is 260 Å². The Kier molecular flexibility index (Phi) is 30.5. The van der Waals surface area contributed by atoms with Gasteiger partial charge < -0.3 is 60.5 Å². The second-order valence-corrected chi connectivity index (χ2v) is 23.4. The SMILES string of the molecule is C=C1CC(CC)CCC1(NC(=O)C(=N)/C=C(\Nc1ccc(C(=O)N(C)CCCN(C)CCCN(C)C(=O)CCCCCNC(=O)CN2CCN(CC(=O)O)CCN(CC(=O)O)CCN(CC(=O)O)CC2)cc1C(C)C)c1c(OC)cccc1OC)C(=O)O. The Morgan fingerprint density at radius 1 is 0.727 bits per heavy atom. The van der Waals surface area contributed by atoms with Crippen LogP contribution in [0.2, 0.25) is 0 Å². The number of carbonyl (C=O) groups excluding carboxylic acids is 4. The van der Waals surface area contributed by atoms with Crippen LogP contribution < -0.4 is 25.4 Å². The fourth-order valence-corrected chi connectivity index (χ4v) is 11.0. The van der Waals surface area contributed by atoms with Gasteiger partial charge in [0.25, 0.3) is 11.8 Å². The zero-order valence-electron chi connectivity index (χ0n) is 53.0. The van der Waals surface area contributed by atoms with E-state index >= 15 is 0 Å². The van der Waals surface area contributed by atoms with Crippen molar-refractivity contribution in [3.8, 4) is 11.5 Å². The van der Waals surface area contributed by atoms with E-state index < -0.39 is 41.0 Å². The largest absolute Gasteiger partial charge is 0.496 e. The van der Waals surface area contributed by atoms with E-state index in [1.165, 1.54) is 20.3 Å². The highest BCUT2D eigenvalue weighted by Gasteiger charge is 2.46. The average Bonchev–Trinajstić information content (AvgIpc) is 3.18. The molecule has 1 aliphatic heterocycles. The van der Waals surface area contributed by atoms with Gasteiger partial charge in [0.2, 0.25) is 11.8 Å². The molecule has 488 valence electrons. The van der Waals surface area contributed by atoms with Crippen LogP contribution in [0, 0.1) is 11.3 Å². The number of nitrogens with one attached hydrogen (secondary N) is 4. The smallest absolute Gasteiger partial charge is 0.333 e. The van der Waals surface area contributed by atoms with Crippen LogP contribution in [0.5, 0.6) is 11.5 Å². The van der Waals surface area contributed by atoms with E-state index in [0.717, 1.165) is 37.9 Å². The van der Waals surface area contributed by atoms with Gasteiger partial charge in [-0.3, -0.25) is 58.6 Å². The molecule has 2 unspecified atom stereocenters. The summed E-state index contributed by atoms with van der Waals surface area (Å²) in [6.45, 7) is 14.7. The number of benzene rings is 2. The molecular formula is C63H97N11O14. The zero-order valence-corrected chi connectivity index (χ0v) is 53.0. The summed E-state index contributed by atoms with van der Waals surface area (Å²) in [5, 5.41) is 56.8. The highest BCUT2D eigenvalue weighted by atomic mass is 16.5. The summed E-state index contributed by atoms with van der Waals surface area (Å²) in [6.07, 6.45) is 7.24. The lowest BCUT2D eigenvalue weighted by Crippen LogP contribution is -2.58. The first-order valence-electron chi connectivity index (χ1n) is 30.5. The van der Waals surface area contributed by atoms with Gasteiger partial charge in [0, 0.05) is 104 Å². The molecule has 25 heteroatoms. The number of ether oxygens (including phenoxy) is 2. The summed E-state index contributed by atoms with van der Waals surface area (Å²) in [5.41, 5.74) is 0.697. The average molecular weight is 1230 g/mol. The number of unbranched alkanes of at least 4 members (excludes halogenated alkanes) is 2. The van der Waals surface area contributed by atoms with Crippen molar-refractivity contribution in [3.05, 3.63) is 71.3 Å². The minimum Gasteiger partial charge on any atom is -0.496 e. The van der Waals surface area contributed by atoms with Crippen molar-refractivity contribution in [1.82, 2.24) is 44.9 Å². The highest BCUT2D eigenvalue weighted by Crippen LogP contribution is 2.39. The number of hydrogen-bond acceptors (Lipinski definition) is 17. The van der Waals surface area contributed by atoms with Gasteiger partial charge in [-0.25, -0.2) is 4.79 Å². The predicted octanol–water partition coefficient (Wildman–Crippen LogP) is 4.40. The van der Waals surface area contributed by atoms with Gasteiger partial charge in [0.05, 0.1) is 51.7 Å². The lowest BCUT2D eigenvalue weighted by atomic mass is 9.72. The number of anilines is 1. The number of hydrogen-bond donors (Lipinski definition) is 8. The lowest BCUT2D eigenvalue weighted by molar-refractivity contribution is -0.146. The summed E-state index contributed by atoms with van der Waals surface area (Å²) < 4.78 is 11.5. The Bertz CT molecular complexity index is 2700. The van der Waals surface area contributed by atoms with Crippen LogP contribution in [0.25, 0.3) is 5.70 Å². The van der Waals surface area contributed by atoms with Crippen molar-refractivity contribution in [3.63, 3.8) is 0 Å². The topological polar surface area (TPSA) is 319 Å². The number of rotatable bonds is 34. The number of amides is 4. The molecule has 88 heavy (non-hydrogen) atoms. The van der Waals surface area contributed by atoms with Crippen LogP contribution in [-0.2, 0) is 33.6 Å². The monoisotopic (exact) mass is 1230 g/mol. The third kappa shape index (κ3) is 23.6. The van der Waals surface area contributed by atoms with Crippen LogP contribution >= 0.6 is 0 Å². The fourth-order valence-electron chi connectivity index (χ4n) is 11.0. The van der Waals surface area contributed by atoms with Crippen molar-refractivity contribution < 1.29 is 68.3 Å². The van der Waals surface area contributed by atoms with Crippen LogP contribution in [0.15, 0.2) is 54.6 Å². The Labute approximate surface area is 518 Å². The quantitative estimate of drug-likeness (QED) is 0.0273. The summed E-state index contributed by atoms with van der Waals surface area (Å²) in [5.74, 6) is -4.61. The van der Waals surface area contributed by atoms with Crippen LogP contribution in [0.4, 0.5) is 5.69 Å². The minimum atomic E-state index is -1.71. The van der Waals surface area contributed by atoms with Crippen molar-refractivity contribution in [1.29, 1.82) is 5.41 Å². The third-order valence-electron chi connectivity index (χ3n) is 16.4. The van der Waals surface area contributed by atoms with Gasteiger partial charge in [-0.1, -0.05) is 46.3 Å². The number of aliphatic carboxylic acids is 4. The highest BCUT2D eigenvalue weighted by molar-refractivity contribution is 6.43. The minimum absolute atomic E-state index is 0.0300. The molecule has 4 rings (SSSR count). The predicted molar refractivity (Wildman–Crippen MR) is 336 cm³/mol. The molecular weight excluding hydrogens is 1130 g/mol. The first-order chi connectivity index (χ1) is 41.8. The maximum absolute atomic E-state index is 13.9. The normalized spacial score (nSPS) is 17.7. The second kappa shape index (κ2) is 36.8. The van der Waals surface area contributed by atoms with E-state index in [1.54, 1.807) is 68.9 Å². The molecule has 4 amide bonds. The van der Waals surface area contributed by atoms with E-state index in [9.17, 15) is 58.8 Å². The molecule has 8 N–H and O–H groups in total. The van der Waals surface area contributed by atoms with E-state index in [0.29, 0.717) is 118 Å². The van der Waals surface area contributed by atoms with Crippen LogP contribution in [0.3, 0.4) is 0 Å². The molecule has 1 aliphatic carbocycles. The molecule has 0 spiro atoms. The van der Waals surface area contributed by atoms with Gasteiger partial charge in [0.15, 0.2) is 5.54 Å². The molecule has 2 aromatic rings. The van der Waals surface area contributed by atoms with E-state index in [2.05, 4.69) is 27.4 Å². The molecule has 1 saturated heterocycles. The molecule has 25 nitrogen and oxygen atoms in total. The number of carboxylic acids is 4. The number of carbonyl (C=O) groups is 8. The van der Waals surface area contributed by atoms with Crippen molar-refractivity contribution >= 4 is 64.6 Å². The molecule has 2 aromatic carbocycles. The Morgan fingerprint density at radius 3 is 1.73 bits per heavy atom. The summed E-state index contributed by atoms with van der Waals surface area (Å²) >= 11 is 0. The Balaban J connectivity index is 1.24. The standard InChI is InChI=1S/C63H97N11O14/c1-10-46-22-23-63(62(85)86,45(4)37-46)67-60(83)49(64)39-51(59-52(87-8)17-14-18-53(59)88-9)66-50-21-20-47(38-48(50)44(2)3)61(84)70(7)28-16-26-68(5)25-15-27-69(6)55(76)19-12-11-13-24-65-54(75)40-71-29-31-72(41-56(77)78)33-35-74(43-58(81)82)36-34-73(32-30-71)42-57(79)80/h14,17-18,20-21,38-39,44,46,64,66H,4,10-13,15-16,19,22-37,40-43H2,1-3,5-9H3,(H,65,75)(H,67,83)(H,77,78)(H,79,80)(H,81,82)(H,85,86)/b51-39-,64-49?. The number of carboxylic acid groups (broad SMARTS) is 4. The fraction of sp³-hybridized carbons (Fsp3) is 0.603. The number of methoxy groups -OCH3 is 2. The Hall–Kier alpha value is -7.45. The van der Waals surface area contributed by atoms with Crippen LogP contribution in [0.1, 0.15) is 112 Å². The maximum atomic E-state index is 13.9. The van der Waals surface area contributed by atoms with Gasteiger partial charge in [-0.15, -0.1) is 0 Å².